The molecule has 1 aliphatic rings. The van der Waals surface area contributed by atoms with Crippen molar-refractivity contribution in [1.82, 2.24) is 5.32 Å². The monoisotopic (exact) mass is 289 g/mol. The zero-order valence-electron chi connectivity index (χ0n) is 11.8. The molecular weight excluding hydrogens is 272 g/mol. The molecule has 0 spiro atoms. The molecule has 2 nitrogen and oxygen atoms in total. The minimum absolute atomic E-state index is 0.269. The van der Waals surface area contributed by atoms with Crippen LogP contribution in [0.4, 0.5) is 8.78 Å². The minimum atomic E-state index is -0.445. The van der Waals surface area contributed by atoms with Crippen molar-refractivity contribution >= 4 is 0 Å². The van der Waals surface area contributed by atoms with Gasteiger partial charge in [0, 0.05) is 23.7 Å². The van der Waals surface area contributed by atoms with E-state index < -0.39 is 11.6 Å². The molecule has 0 aliphatic heterocycles. The number of rotatable bonds is 5. The highest BCUT2D eigenvalue weighted by Gasteiger charge is 2.21. The Morgan fingerprint density at radius 2 is 1.95 bits per heavy atom. The molecule has 1 saturated carbocycles. The molecule has 110 valence electrons. The zero-order valence-corrected chi connectivity index (χ0v) is 11.8. The summed E-state index contributed by atoms with van der Waals surface area (Å²) in [6.07, 6.45) is 2.39. The Balaban J connectivity index is 1.94. The van der Waals surface area contributed by atoms with Gasteiger partial charge >= 0.3 is 0 Å². The maximum Gasteiger partial charge on any atom is 0.131 e. The third-order valence-corrected chi connectivity index (χ3v) is 3.68. The highest BCUT2D eigenvalue weighted by molar-refractivity contribution is 5.66. The van der Waals surface area contributed by atoms with Crippen LogP contribution in [0.25, 0.3) is 11.1 Å². The van der Waals surface area contributed by atoms with Crippen LogP contribution in [-0.4, -0.2) is 13.2 Å². The van der Waals surface area contributed by atoms with Gasteiger partial charge in [-0.2, -0.15) is 0 Å². The maximum absolute atomic E-state index is 13.9. The lowest BCUT2D eigenvalue weighted by molar-refractivity contribution is 0.407. The summed E-state index contributed by atoms with van der Waals surface area (Å²) in [6.45, 7) is 0.665. The fourth-order valence-electron chi connectivity index (χ4n) is 2.34. The molecule has 0 amide bonds. The number of nitrogens with one attached hydrogen (secondary N) is 1. The molecule has 4 heteroatoms. The number of hydrogen-bond donors (Lipinski definition) is 1. The Hall–Kier alpha value is -1.94. The topological polar surface area (TPSA) is 21.3 Å². The standard InChI is InChI=1S/C17H17F2NO/c1-21-17-7-2-11(8-12(17)10-20-14-4-5-14)15-9-13(18)3-6-16(15)19/h2-3,6-9,14,20H,4-5,10H2,1H3. The van der Waals surface area contributed by atoms with Gasteiger partial charge in [-0.15, -0.1) is 0 Å². The first-order chi connectivity index (χ1) is 10.2. The summed E-state index contributed by atoms with van der Waals surface area (Å²) in [5.74, 6) is -0.119. The Bertz CT molecular complexity index is 653. The summed E-state index contributed by atoms with van der Waals surface area (Å²) < 4.78 is 32.6. The van der Waals surface area contributed by atoms with Crippen LogP contribution in [0.5, 0.6) is 5.75 Å². The lowest BCUT2D eigenvalue weighted by atomic mass is 10.0. The van der Waals surface area contributed by atoms with Gasteiger partial charge in [-0.05, 0) is 48.7 Å². The van der Waals surface area contributed by atoms with Crippen molar-refractivity contribution in [2.45, 2.75) is 25.4 Å². The first kappa shape index (κ1) is 14.0. The Labute approximate surface area is 122 Å². The second kappa shape index (κ2) is 5.82. The molecule has 0 atom stereocenters. The first-order valence-electron chi connectivity index (χ1n) is 7.03. The number of hydrogen-bond acceptors (Lipinski definition) is 2. The number of halogens is 2. The second-order valence-corrected chi connectivity index (χ2v) is 5.31. The van der Waals surface area contributed by atoms with Gasteiger partial charge in [-0.25, -0.2) is 8.78 Å². The summed E-state index contributed by atoms with van der Waals surface area (Å²) in [5.41, 5.74) is 1.87. The first-order valence-corrected chi connectivity index (χ1v) is 7.03. The predicted molar refractivity (Wildman–Crippen MR) is 78.2 cm³/mol. The van der Waals surface area contributed by atoms with E-state index in [1.165, 1.54) is 18.9 Å². The molecule has 3 rings (SSSR count). The van der Waals surface area contributed by atoms with E-state index in [2.05, 4.69) is 5.32 Å². The van der Waals surface area contributed by atoms with Gasteiger partial charge in [0.15, 0.2) is 0 Å². The van der Waals surface area contributed by atoms with Gasteiger partial charge in [0.05, 0.1) is 7.11 Å². The molecule has 1 N–H and O–H groups in total. The van der Waals surface area contributed by atoms with E-state index in [0.717, 1.165) is 23.4 Å². The molecule has 1 aliphatic carbocycles. The molecule has 0 saturated heterocycles. The molecule has 2 aromatic rings. The van der Waals surface area contributed by atoms with Gasteiger partial charge < -0.3 is 10.1 Å². The summed E-state index contributed by atoms with van der Waals surface area (Å²) in [6, 6.07) is 9.46. The quantitative estimate of drug-likeness (QED) is 0.901. The molecule has 0 heterocycles. The Morgan fingerprint density at radius 1 is 1.14 bits per heavy atom. The normalized spacial score (nSPS) is 14.2. The SMILES string of the molecule is COc1ccc(-c2cc(F)ccc2F)cc1CNC1CC1. The molecule has 0 bridgehead atoms. The molecule has 0 radical (unpaired) electrons. The van der Waals surface area contributed by atoms with E-state index >= 15 is 0 Å². The largest absolute Gasteiger partial charge is 0.496 e. The second-order valence-electron chi connectivity index (χ2n) is 5.31. The van der Waals surface area contributed by atoms with Gasteiger partial charge in [0.1, 0.15) is 17.4 Å². The highest BCUT2D eigenvalue weighted by atomic mass is 19.1. The van der Waals surface area contributed by atoms with Gasteiger partial charge in [-0.1, -0.05) is 6.07 Å². The van der Waals surface area contributed by atoms with Crippen LogP contribution in [0.3, 0.4) is 0 Å². The molecular formula is C17H17F2NO. The molecule has 1 fully saturated rings. The van der Waals surface area contributed by atoms with Crippen molar-refractivity contribution in [2.24, 2.45) is 0 Å². The van der Waals surface area contributed by atoms with Crippen LogP contribution in [0, 0.1) is 11.6 Å². The van der Waals surface area contributed by atoms with E-state index in [1.807, 2.05) is 6.07 Å². The highest BCUT2D eigenvalue weighted by Crippen LogP contribution is 2.29. The van der Waals surface area contributed by atoms with Crippen LogP contribution >= 0.6 is 0 Å². The molecule has 2 aromatic carbocycles. The van der Waals surface area contributed by atoms with E-state index in [0.29, 0.717) is 18.2 Å². The molecule has 0 unspecified atom stereocenters. The summed E-state index contributed by atoms with van der Waals surface area (Å²) in [7, 11) is 1.61. The van der Waals surface area contributed by atoms with Gasteiger partial charge in [-0.3, -0.25) is 0 Å². The summed E-state index contributed by atoms with van der Waals surface area (Å²) in [4.78, 5) is 0. The van der Waals surface area contributed by atoms with Crippen LogP contribution in [0.1, 0.15) is 18.4 Å². The van der Waals surface area contributed by atoms with Crippen LogP contribution in [0.15, 0.2) is 36.4 Å². The van der Waals surface area contributed by atoms with Crippen molar-refractivity contribution in [2.75, 3.05) is 7.11 Å². The third-order valence-electron chi connectivity index (χ3n) is 3.68. The van der Waals surface area contributed by atoms with Gasteiger partial charge in [0.25, 0.3) is 0 Å². The summed E-state index contributed by atoms with van der Waals surface area (Å²) >= 11 is 0. The lowest BCUT2D eigenvalue weighted by Crippen LogP contribution is -2.15. The third kappa shape index (κ3) is 3.22. The van der Waals surface area contributed by atoms with Crippen LogP contribution < -0.4 is 10.1 Å². The number of ether oxygens (including phenoxy) is 1. The van der Waals surface area contributed by atoms with Crippen LogP contribution in [-0.2, 0) is 6.54 Å². The minimum Gasteiger partial charge on any atom is -0.496 e. The fraction of sp³-hybridized carbons (Fsp3) is 0.294. The predicted octanol–water partition coefficient (Wildman–Crippen LogP) is 3.89. The van der Waals surface area contributed by atoms with E-state index in [-0.39, 0.29) is 5.56 Å². The van der Waals surface area contributed by atoms with Crippen molar-refractivity contribution in [1.29, 1.82) is 0 Å². The summed E-state index contributed by atoms with van der Waals surface area (Å²) in [5, 5.41) is 3.40. The van der Waals surface area contributed by atoms with E-state index in [1.54, 1.807) is 19.2 Å². The van der Waals surface area contributed by atoms with Crippen LogP contribution in [0.2, 0.25) is 0 Å². The fourth-order valence-corrected chi connectivity index (χ4v) is 2.34. The van der Waals surface area contributed by atoms with Gasteiger partial charge in [0.2, 0.25) is 0 Å². The van der Waals surface area contributed by atoms with Crippen molar-refractivity contribution in [3.63, 3.8) is 0 Å². The Kier molecular flexibility index (Phi) is 3.88. The van der Waals surface area contributed by atoms with Crippen molar-refractivity contribution in [3.8, 4) is 16.9 Å². The maximum atomic E-state index is 13.9. The molecule has 0 aromatic heterocycles. The number of benzene rings is 2. The average molecular weight is 289 g/mol. The van der Waals surface area contributed by atoms with Crippen molar-refractivity contribution in [3.05, 3.63) is 53.6 Å². The van der Waals surface area contributed by atoms with Crippen molar-refractivity contribution < 1.29 is 13.5 Å². The zero-order chi connectivity index (χ0) is 14.8. The smallest absolute Gasteiger partial charge is 0.131 e. The lowest BCUT2D eigenvalue weighted by Gasteiger charge is -2.12. The van der Waals surface area contributed by atoms with E-state index in [9.17, 15) is 8.78 Å². The average Bonchev–Trinajstić information content (AvgIpc) is 3.31. The number of methoxy groups -OCH3 is 1. The van der Waals surface area contributed by atoms with E-state index in [4.69, 9.17) is 4.74 Å². The Morgan fingerprint density at radius 3 is 2.67 bits per heavy atom. The molecule has 21 heavy (non-hydrogen) atoms.